The maximum Gasteiger partial charge on any atom is 0.416 e. The van der Waals surface area contributed by atoms with Crippen LogP contribution >= 0.6 is 0 Å². The Kier molecular flexibility index (Phi) is 6.96. The zero-order chi connectivity index (χ0) is 23.5. The Morgan fingerprint density at radius 2 is 1.75 bits per heavy atom. The lowest BCUT2D eigenvalue weighted by atomic mass is 9.91. The van der Waals surface area contributed by atoms with E-state index in [0.29, 0.717) is 24.9 Å². The highest BCUT2D eigenvalue weighted by Crippen LogP contribution is 2.30. The fourth-order valence-corrected chi connectivity index (χ4v) is 3.67. The third kappa shape index (κ3) is 6.34. The number of oxime groups is 1. The predicted octanol–water partition coefficient (Wildman–Crippen LogP) is 5.97. The lowest BCUT2D eigenvalue weighted by Gasteiger charge is -2.28. The van der Waals surface area contributed by atoms with E-state index in [1.807, 2.05) is 52.0 Å². The zero-order valence-corrected chi connectivity index (χ0v) is 18.9. The van der Waals surface area contributed by atoms with E-state index in [9.17, 15) is 18.0 Å². The summed E-state index contributed by atoms with van der Waals surface area (Å²) in [5, 5.41) is 4.23. The van der Waals surface area contributed by atoms with Gasteiger partial charge in [-0.3, -0.25) is 4.79 Å². The van der Waals surface area contributed by atoms with Gasteiger partial charge in [-0.1, -0.05) is 62.3 Å². The van der Waals surface area contributed by atoms with Crippen LogP contribution < -0.4 is 0 Å². The molecule has 0 saturated carbocycles. The summed E-state index contributed by atoms with van der Waals surface area (Å²) in [6.45, 7) is 8.47. The molecule has 1 aliphatic rings. The second-order valence-electron chi connectivity index (χ2n) is 9.49. The number of halogens is 3. The minimum atomic E-state index is -4.39. The summed E-state index contributed by atoms with van der Waals surface area (Å²) in [7, 11) is 0. The molecule has 0 fully saturated rings. The van der Waals surface area contributed by atoms with Crippen LogP contribution in [0.4, 0.5) is 13.2 Å². The molecular weight excluding hydrogens is 417 g/mol. The van der Waals surface area contributed by atoms with E-state index >= 15 is 0 Å². The van der Waals surface area contributed by atoms with Crippen molar-refractivity contribution in [2.45, 2.75) is 59.4 Å². The molecule has 2 aromatic rings. The van der Waals surface area contributed by atoms with Crippen LogP contribution in [0.25, 0.3) is 0 Å². The molecule has 0 aromatic heterocycles. The molecule has 0 bridgehead atoms. The van der Waals surface area contributed by atoms with Gasteiger partial charge in [0.25, 0.3) is 0 Å². The van der Waals surface area contributed by atoms with E-state index in [-0.39, 0.29) is 24.0 Å². The number of carbonyl (C=O) groups excluding carboxylic acids is 1. The molecule has 32 heavy (non-hydrogen) atoms. The number of hydrogen-bond acceptors (Lipinski definition) is 3. The van der Waals surface area contributed by atoms with E-state index in [2.05, 4.69) is 5.16 Å². The van der Waals surface area contributed by atoms with Crippen LogP contribution in [0.1, 0.15) is 55.9 Å². The van der Waals surface area contributed by atoms with Crippen molar-refractivity contribution >= 4 is 11.6 Å². The molecule has 1 aliphatic heterocycles. The Bertz CT molecular complexity index is 976. The molecule has 0 aliphatic carbocycles. The maximum absolute atomic E-state index is 13.0. The third-order valence-electron chi connectivity index (χ3n) is 5.30. The fourth-order valence-electron chi connectivity index (χ4n) is 3.67. The summed E-state index contributed by atoms with van der Waals surface area (Å²) in [5.41, 5.74) is 2.68. The molecular formula is C25H29F3N2O2. The molecule has 7 heteroatoms. The summed E-state index contributed by atoms with van der Waals surface area (Å²) in [4.78, 5) is 20.3. The zero-order valence-electron chi connectivity index (χ0n) is 18.9. The van der Waals surface area contributed by atoms with Gasteiger partial charge < -0.3 is 9.74 Å². The molecule has 172 valence electrons. The first-order chi connectivity index (χ1) is 14.9. The van der Waals surface area contributed by atoms with Crippen molar-refractivity contribution < 1.29 is 22.8 Å². The van der Waals surface area contributed by atoms with Crippen LogP contribution in [-0.2, 0) is 22.4 Å². The lowest BCUT2D eigenvalue weighted by molar-refractivity contribution is -0.138. The first-order valence-electron chi connectivity index (χ1n) is 10.6. The molecule has 1 unspecified atom stereocenters. The Labute approximate surface area is 187 Å². The monoisotopic (exact) mass is 446 g/mol. The summed E-state index contributed by atoms with van der Waals surface area (Å²) in [5.74, 6) is -0.0645. The second-order valence-corrected chi connectivity index (χ2v) is 9.49. The van der Waals surface area contributed by atoms with Gasteiger partial charge >= 0.3 is 6.18 Å². The standard InChI is InChI=1S/C25H29F3N2O2/c1-17-7-5-6-8-21(17)22-13-20(32-29-22)16-30(23(31)14-24(2,3)4)15-18-9-11-19(12-10-18)25(26,27)28/h5-12,20H,13-16H2,1-4H3. The number of benzene rings is 2. The smallest absolute Gasteiger partial charge is 0.390 e. The first kappa shape index (κ1) is 23.8. The van der Waals surface area contributed by atoms with Crippen molar-refractivity contribution in [1.29, 1.82) is 0 Å². The van der Waals surface area contributed by atoms with E-state index < -0.39 is 11.7 Å². The molecule has 1 amide bonds. The lowest BCUT2D eigenvalue weighted by Crippen LogP contribution is -2.38. The predicted molar refractivity (Wildman–Crippen MR) is 118 cm³/mol. The number of nitrogens with zero attached hydrogens (tertiary/aromatic N) is 2. The highest BCUT2D eigenvalue weighted by molar-refractivity contribution is 6.02. The summed E-state index contributed by atoms with van der Waals surface area (Å²) < 4.78 is 38.6. The van der Waals surface area contributed by atoms with E-state index in [1.165, 1.54) is 12.1 Å². The minimum Gasteiger partial charge on any atom is -0.390 e. The summed E-state index contributed by atoms with van der Waals surface area (Å²) in [6, 6.07) is 12.8. The van der Waals surface area contributed by atoms with Crippen LogP contribution in [0.3, 0.4) is 0 Å². The Morgan fingerprint density at radius 1 is 1.09 bits per heavy atom. The number of rotatable bonds is 6. The summed E-state index contributed by atoms with van der Waals surface area (Å²) >= 11 is 0. The highest BCUT2D eigenvalue weighted by Gasteiger charge is 2.31. The van der Waals surface area contributed by atoms with Gasteiger partial charge in [-0.2, -0.15) is 13.2 Å². The average Bonchev–Trinajstić information content (AvgIpc) is 3.14. The van der Waals surface area contributed by atoms with Gasteiger partial charge in [-0.25, -0.2) is 0 Å². The third-order valence-corrected chi connectivity index (χ3v) is 5.30. The van der Waals surface area contributed by atoms with Crippen LogP contribution in [-0.4, -0.2) is 29.2 Å². The average molecular weight is 447 g/mol. The van der Waals surface area contributed by atoms with Gasteiger partial charge in [0.05, 0.1) is 17.8 Å². The minimum absolute atomic E-state index is 0.0645. The molecule has 0 spiro atoms. The van der Waals surface area contributed by atoms with Gasteiger partial charge in [0, 0.05) is 24.9 Å². The molecule has 1 heterocycles. The normalized spacial score (nSPS) is 16.5. The highest BCUT2D eigenvalue weighted by atomic mass is 19.4. The van der Waals surface area contributed by atoms with Crippen LogP contribution in [0.2, 0.25) is 0 Å². The quantitative estimate of drug-likeness (QED) is 0.548. The van der Waals surface area contributed by atoms with Gasteiger partial charge in [-0.05, 0) is 35.6 Å². The molecule has 2 aromatic carbocycles. The number of aryl methyl sites for hydroxylation is 1. The van der Waals surface area contributed by atoms with Gasteiger partial charge in [0.2, 0.25) is 5.91 Å². The molecule has 0 radical (unpaired) electrons. The van der Waals surface area contributed by atoms with Gasteiger partial charge in [0.1, 0.15) is 0 Å². The van der Waals surface area contributed by atoms with Crippen molar-refractivity contribution in [3.63, 3.8) is 0 Å². The van der Waals surface area contributed by atoms with Crippen molar-refractivity contribution in [1.82, 2.24) is 4.90 Å². The maximum atomic E-state index is 13.0. The Hall–Kier alpha value is -2.83. The molecule has 1 atom stereocenters. The molecule has 0 N–H and O–H groups in total. The SMILES string of the molecule is Cc1ccccc1C1=NOC(CN(Cc2ccc(C(F)(F)F)cc2)C(=O)CC(C)(C)C)C1. The van der Waals surface area contributed by atoms with Gasteiger partial charge in [0.15, 0.2) is 6.10 Å². The Morgan fingerprint density at radius 3 is 2.34 bits per heavy atom. The largest absolute Gasteiger partial charge is 0.416 e. The molecule has 0 saturated heterocycles. The first-order valence-corrected chi connectivity index (χ1v) is 10.6. The number of alkyl halides is 3. The number of amides is 1. The van der Waals surface area contributed by atoms with Crippen molar-refractivity contribution in [3.05, 3.63) is 70.8 Å². The Balaban J connectivity index is 1.72. The number of carbonyl (C=O) groups is 1. The molecule has 3 rings (SSSR count). The van der Waals surface area contributed by atoms with Gasteiger partial charge in [-0.15, -0.1) is 0 Å². The second kappa shape index (κ2) is 9.35. The summed E-state index contributed by atoms with van der Waals surface area (Å²) in [6.07, 6.45) is -3.80. The number of hydrogen-bond donors (Lipinski definition) is 0. The van der Waals surface area contributed by atoms with Crippen molar-refractivity contribution in [2.75, 3.05) is 6.54 Å². The van der Waals surface area contributed by atoms with Crippen LogP contribution in [0.5, 0.6) is 0 Å². The fraction of sp³-hybridized carbons (Fsp3) is 0.440. The topological polar surface area (TPSA) is 41.9 Å². The molecule has 4 nitrogen and oxygen atoms in total. The van der Waals surface area contributed by atoms with E-state index in [4.69, 9.17) is 4.84 Å². The van der Waals surface area contributed by atoms with Crippen LogP contribution in [0, 0.1) is 12.3 Å². The van der Waals surface area contributed by atoms with E-state index in [1.54, 1.807) is 4.90 Å². The van der Waals surface area contributed by atoms with Crippen molar-refractivity contribution in [3.8, 4) is 0 Å². The van der Waals surface area contributed by atoms with E-state index in [0.717, 1.165) is 29.0 Å². The van der Waals surface area contributed by atoms with Crippen LogP contribution in [0.15, 0.2) is 53.7 Å². The van der Waals surface area contributed by atoms with Crippen molar-refractivity contribution in [2.24, 2.45) is 10.6 Å².